The average molecular weight is 218 g/mol. The molecule has 1 aromatic carbocycles. The first-order valence-electron chi connectivity index (χ1n) is 5.61. The second-order valence-corrected chi connectivity index (χ2v) is 4.80. The highest BCUT2D eigenvalue weighted by molar-refractivity contribution is 5.97. The number of amides is 1. The van der Waals surface area contributed by atoms with E-state index in [-0.39, 0.29) is 11.9 Å². The van der Waals surface area contributed by atoms with Crippen LogP contribution >= 0.6 is 0 Å². The number of likely N-dealkylation sites (N-methyl/N-ethyl adjacent to an activating group) is 1. The lowest BCUT2D eigenvalue weighted by Gasteiger charge is -2.28. The zero-order chi connectivity index (χ0) is 11.7. The van der Waals surface area contributed by atoms with Crippen molar-refractivity contribution in [2.24, 2.45) is 0 Å². The molecule has 1 heterocycles. The lowest BCUT2D eigenvalue weighted by Crippen LogP contribution is -2.46. The summed E-state index contributed by atoms with van der Waals surface area (Å²) in [5.41, 5.74) is 3.15. The van der Waals surface area contributed by atoms with E-state index in [0.717, 1.165) is 24.1 Å². The lowest BCUT2D eigenvalue weighted by atomic mass is 9.93. The molecule has 0 radical (unpaired) electrons. The van der Waals surface area contributed by atoms with E-state index in [9.17, 15) is 4.79 Å². The molecule has 1 aliphatic rings. The van der Waals surface area contributed by atoms with Gasteiger partial charge in [-0.25, -0.2) is 0 Å². The number of benzene rings is 1. The minimum atomic E-state index is 0.0665. The molecular formula is C13H18N2O. The number of hydrogen-bond acceptors (Lipinski definition) is 2. The summed E-state index contributed by atoms with van der Waals surface area (Å²) < 4.78 is 0. The van der Waals surface area contributed by atoms with Crippen LogP contribution in [0.3, 0.4) is 0 Å². The van der Waals surface area contributed by atoms with Crippen molar-refractivity contribution in [3.05, 3.63) is 34.9 Å². The van der Waals surface area contributed by atoms with E-state index in [1.807, 2.05) is 27.1 Å². The molecule has 0 spiro atoms. The monoisotopic (exact) mass is 218 g/mol. The van der Waals surface area contributed by atoms with Gasteiger partial charge in [0.15, 0.2) is 0 Å². The Bertz CT molecular complexity index is 412. The predicted molar refractivity (Wildman–Crippen MR) is 64.7 cm³/mol. The standard InChI is InChI=1S/C13H18N2O/c1-9-4-5-10-7-11(8-15(2)3)14-13(16)12(10)6-9/h4-6,11H,7-8H2,1-3H3,(H,14,16). The van der Waals surface area contributed by atoms with Crippen LogP contribution in [-0.4, -0.2) is 37.5 Å². The molecule has 86 valence electrons. The third-order valence-corrected chi connectivity index (χ3v) is 2.90. The average Bonchev–Trinajstić information content (AvgIpc) is 2.18. The van der Waals surface area contributed by atoms with Crippen molar-refractivity contribution in [2.45, 2.75) is 19.4 Å². The van der Waals surface area contributed by atoms with Crippen LogP contribution in [0, 0.1) is 6.92 Å². The number of carbonyl (C=O) groups excluding carboxylic acids is 1. The van der Waals surface area contributed by atoms with Crippen molar-refractivity contribution in [1.82, 2.24) is 10.2 Å². The number of rotatable bonds is 2. The summed E-state index contributed by atoms with van der Waals surface area (Å²) in [5, 5.41) is 3.05. The van der Waals surface area contributed by atoms with Crippen molar-refractivity contribution in [3.63, 3.8) is 0 Å². The first-order valence-corrected chi connectivity index (χ1v) is 5.61. The van der Waals surface area contributed by atoms with Gasteiger partial charge in [-0.2, -0.15) is 0 Å². The normalized spacial score (nSPS) is 19.5. The van der Waals surface area contributed by atoms with Crippen LogP contribution < -0.4 is 5.32 Å². The minimum absolute atomic E-state index is 0.0665. The second-order valence-electron chi connectivity index (χ2n) is 4.80. The minimum Gasteiger partial charge on any atom is -0.348 e. The Balaban J connectivity index is 2.23. The number of hydrogen-bond donors (Lipinski definition) is 1. The summed E-state index contributed by atoms with van der Waals surface area (Å²) in [4.78, 5) is 14.0. The maximum atomic E-state index is 11.9. The molecule has 1 atom stereocenters. The Labute approximate surface area is 96.5 Å². The smallest absolute Gasteiger partial charge is 0.251 e. The van der Waals surface area contributed by atoms with Crippen LogP contribution in [0.2, 0.25) is 0 Å². The molecule has 3 heteroatoms. The summed E-state index contributed by atoms with van der Waals surface area (Å²) in [6.07, 6.45) is 0.930. The molecule has 0 aromatic heterocycles. The molecular weight excluding hydrogens is 200 g/mol. The summed E-state index contributed by atoms with van der Waals surface area (Å²) >= 11 is 0. The van der Waals surface area contributed by atoms with E-state index in [4.69, 9.17) is 0 Å². The highest BCUT2D eigenvalue weighted by Crippen LogP contribution is 2.18. The largest absolute Gasteiger partial charge is 0.348 e. The zero-order valence-corrected chi connectivity index (χ0v) is 10.1. The van der Waals surface area contributed by atoms with Gasteiger partial charge in [0.25, 0.3) is 5.91 Å². The maximum absolute atomic E-state index is 11.9. The van der Waals surface area contributed by atoms with Crippen LogP contribution in [0.4, 0.5) is 0 Å². The summed E-state index contributed by atoms with van der Waals surface area (Å²) in [5.74, 6) is 0.0665. The fraction of sp³-hybridized carbons (Fsp3) is 0.462. The molecule has 3 nitrogen and oxygen atoms in total. The maximum Gasteiger partial charge on any atom is 0.251 e. The summed E-state index contributed by atoms with van der Waals surface area (Å²) in [6, 6.07) is 6.35. The van der Waals surface area contributed by atoms with E-state index < -0.39 is 0 Å². The quantitative estimate of drug-likeness (QED) is 0.809. The molecule has 1 unspecified atom stereocenters. The van der Waals surface area contributed by atoms with Crippen LogP contribution in [-0.2, 0) is 6.42 Å². The van der Waals surface area contributed by atoms with Crippen molar-refractivity contribution in [2.75, 3.05) is 20.6 Å². The van der Waals surface area contributed by atoms with Crippen LogP contribution in [0.15, 0.2) is 18.2 Å². The lowest BCUT2D eigenvalue weighted by molar-refractivity contribution is 0.0917. The molecule has 1 N–H and O–H groups in total. The van der Waals surface area contributed by atoms with E-state index in [1.165, 1.54) is 5.56 Å². The third-order valence-electron chi connectivity index (χ3n) is 2.90. The van der Waals surface area contributed by atoms with E-state index in [1.54, 1.807) is 0 Å². The third kappa shape index (κ3) is 2.25. The molecule has 16 heavy (non-hydrogen) atoms. The van der Waals surface area contributed by atoms with Gasteiger partial charge in [-0.15, -0.1) is 0 Å². The molecule has 0 fully saturated rings. The SMILES string of the molecule is Cc1ccc2c(c1)C(=O)NC(CN(C)C)C2. The van der Waals surface area contributed by atoms with Gasteiger partial charge in [0.2, 0.25) is 0 Å². The van der Waals surface area contributed by atoms with Gasteiger partial charge in [0.05, 0.1) is 0 Å². The van der Waals surface area contributed by atoms with Gasteiger partial charge in [-0.1, -0.05) is 17.7 Å². The fourth-order valence-electron chi connectivity index (χ4n) is 2.21. The first-order chi connectivity index (χ1) is 7.56. The van der Waals surface area contributed by atoms with Gasteiger partial charge in [-0.05, 0) is 39.1 Å². The van der Waals surface area contributed by atoms with E-state index in [2.05, 4.69) is 22.3 Å². The molecule has 0 aliphatic carbocycles. The first kappa shape index (κ1) is 11.1. The topological polar surface area (TPSA) is 32.3 Å². The Morgan fingerprint density at radius 3 is 2.88 bits per heavy atom. The number of nitrogens with one attached hydrogen (secondary N) is 1. The van der Waals surface area contributed by atoms with Crippen molar-refractivity contribution in [1.29, 1.82) is 0 Å². The molecule has 1 aliphatic heterocycles. The Morgan fingerprint density at radius 2 is 2.19 bits per heavy atom. The Kier molecular flexibility index (Phi) is 2.97. The van der Waals surface area contributed by atoms with Crippen LogP contribution in [0.5, 0.6) is 0 Å². The van der Waals surface area contributed by atoms with E-state index >= 15 is 0 Å². The van der Waals surface area contributed by atoms with Crippen LogP contribution in [0.25, 0.3) is 0 Å². The van der Waals surface area contributed by atoms with Gasteiger partial charge in [0.1, 0.15) is 0 Å². The van der Waals surface area contributed by atoms with Crippen molar-refractivity contribution < 1.29 is 4.79 Å². The highest BCUT2D eigenvalue weighted by atomic mass is 16.1. The predicted octanol–water partition coefficient (Wildman–Crippen LogP) is 1.21. The van der Waals surface area contributed by atoms with Gasteiger partial charge in [0, 0.05) is 18.2 Å². The van der Waals surface area contributed by atoms with Crippen molar-refractivity contribution >= 4 is 5.91 Å². The molecule has 2 rings (SSSR count). The van der Waals surface area contributed by atoms with Crippen LogP contribution in [0.1, 0.15) is 21.5 Å². The van der Waals surface area contributed by atoms with Gasteiger partial charge in [-0.3, -0.25) is 4.79 Å². The zero-order valence-electron chi connectivity index (χ0n) is 10.1. The number of fused-ring (bicyclic) bond motifs is 1. The molecule has 0 saturated heterocycles. The Hall–Kier alpha value is -1.35. The fourth-order valence-corrected chi connectivity index (χ4v) is 2.21. The van der Waals surface area contributed by atoms with Gasteiger partial charge < -0.3 is 10.2 Å². The molecule has 0 bridgehead atoms. The Morgan fingerprint density at radius 1 is 1.44 bits per heavy atom. The summed E-state index contributed by atoms with van der Waals surface area (Å²) in [6.45, 7) is 2.90. The second kappa shape index (κ2) is 4.26. The van der Waals surface area contributed by atoms with E-state index in [0.29, 0.717) is 0 Å². The van der Waals surface area contributed by atoms with Crippen molar-refractivity contribution in [3.8, 4) is 0 Å². The van der Waals surface area contributed by atoms with Gasteiger partial charge >= 0.3 is 0 Å². The highest BCUT2D eigenvalue weighted by Gasteiger charge is 2.24. The molecule has 1 aromatic rings. The summed E-state index contributed by atoms with van der Waals surface area (Å²) in [7, 11) is 4.05. The molecule has 0 saturated carbocycles. The molecule has 1 amide bonds. The number of nitrogens with zero attached hydrogens (tertiary/aromatic N) is 1. The number of aryl methyl sites for hydroxylation is 1. The number of carbonyl (C=O) groups is 1.